The average Bonchev–Trinajstić information content (AvgIpc) is 1.54. The van der Waals surface area contributed by atoms with Crippen LogP contribution in [0.2, 0.25) is 0 Å². The van der Waals surface area contributed by atoms with Gasteiger partial charge in [-0.2, -0.15) is 0 Å². The molecule has 16 aromatic carbocycles. The summed E-state index contributed by atoms with van der Waals surface area (Å²) in [5.74, 6) is 0. The van der Waals surface area contributed by atoms with Gasteiger partial charge in [-0.15, -0.1) is 0 Å². The largest absolute Gasteiger partial charge is 0.310 e. The number of fused-ring (bicyclic) bond motifs is 8. The molecule has 0 fully saturated rings. The van der Waals surface area contributed by atoms with Crippen LogP contribution in [-0.2, 0) is 10.8 Å². The molecule has 2 nitrogen and oxygen atoms in total. The Balaban J connectivity index is 0.824. The molecule has 96 heavy (non-hydrogen) atoms. The van der Waals surface area contributed by atoms with Gasteiger partial charge >= 0.3 is 0 Å². The number of nitrogens with zero attached hydrogens (tertiary/aromatic N) is 2. The molecule has 0 saturated heterocycles. The van der Waals surface area contributed by atoms with Crippen molar-refractivity contribution in [1.82, 2.24) is 0 Å². The van der Waals surface area contributed by atoms with Crippen molar-refractivity contribution in [3.63, 3.8) is 0 Å². The summed E-state index contributed by atoms with van der Waals surface area (Å²) in [6.07, 6.45) is 0. The fourth-order valence-corrected chi connectivity index (χ4v) is 16.3. The van der Waals surface area contributed by atoms with Crippen LogP contribution >= 0.6 is 0 Å². The van der Waals surface area contributed by atoms with Crippen molar-refractivity contribution in [2.45, 2.75) is 10.8 Å². The third kappa shape index (κ3) is 8.94. The molecule has 0 heterocycles. The summed E-state index contributed by atoms with van der Waals surface area (Å²) in [7, 11) is 0. The Morgan fingerprint density at radius 1 is 0.177 bits per heavy atom. The minimum atomic E-state index is -0.587. The topological polar surface area (TPSA) is 6.48 Å². The van der Waals surface area contributed by atoms with Gasteiger partial charge < -0.3 is 9.80 Å². The average molecular weight is 1220 g/mol. The monoisotopic (exact) mass is 1220 g/mol. The zero-order valence-electron chi connectivity index (χ0n) is 52.8. The summed E-state index contributed by atoms with van der Waals surface area (Å²) in [6.45, 7) is 0. The molecule has 2 heteroatoms. The fraction of sp³-hybridized carbons (Fsp3) is 0.0213. The molecule has 0 unspecified atom stereocenters. The van der Waals surface area contributed by atoms with Gasteiger partial charge in [-0.25, -0.2) is 0 Å². The van der Waals surface area contributed by atoms with Crippen molar-refractivity contribution < 1.29 is 0 Å². The predicted octanol–water partition coefficient (Wildman–Crippen LogP) is 24.7. The molecule has 0 amide bonds. The van der Waals surface area contributed by atoms with Crippen molar-refractivity contribution in [3.8, 4) is 55.6 Å². The molecule has 0 bridgehead atoms. The summed E-state index contributed by atoms with van der Waals surface area (Å²) in [6, 6.07) is 144. The molecule has 0 aliphatic heterocycles. The molecule has 0 N–H and O–H groups in total. The van der Waals surface area contributed by atoms with E-state index in [-0.39, 0.29) is 0 Å². The van der Waals surface area contributed by atoms with Crippen LogP contribution < -0.4 is 9.80 Å². The number of hydrogen-bond acceptors (Lipinski definition) is 2. The van der Waals surface area contributed by atoms with Crippen LogP contribution in [0.1, 0.15) is 44.5 Å². The quantitative estimate of drug-likeness (QED) is 0.106. The van der Waals surface area contributed by atoms with Gasteiger partial charge in [0.1, 0.15) is 0 Å². The molecule has 450 valence electrons. The number of benzene rings is 16. The molecule has 18 rings (SSSR count). The van der Waals surface area contributed by atoms with E-state index >= 15 is 0 Å². The van der Waals surface area contributed by atoms with E-state index in [4.69, 9.17) is 0 Å². The molecule has 0 saturated carbocycles. The molecule has 0 radical (unpaired) electrons. The first-order chi connectivity index (χ1) is 47.6. The Kier molecular flexibility index (Phi) is 13.7. The van der Waals surface area contributed by atoms with Crippen LogP contribution in [0, 0.1) is 0 Å². The predicted molar refractivity (Wildman–Crippen MR) is 402 cm³/mol. The van der Waals surface area contributed by atoms with Gasteiger partial charge in [-0.1, -0.05) is 328 Å². The first-order valence-corrected chi connectivity index (χ1v) is 33.3. The number of rotatable bonds is 13. The lowest BCUT2D eigenvalue weighted by atomic mass is 9.67. The van der Waals surface area contributed by atoms with E-state index in [1.807, 2.05) is 0 Å². The van der Waals surface area contributed by atoms with Crippen molar-refractivity contribution in [2.24, 2.45) is 0 Å². The second-order valence-corrected chi connectivity index (χ2v) is 25.4. The third-order valence-corrected chi connectivity index (χ3v) is 20.4. The second kappa shape index (κ2) is 23.3. The van der Waals surface area contributed by atoms with Crippen LogP contribution in [-0.4, -0.2) is 0 Å². The zero-order valence-corrected chi connectivity index (χ0v) is 52.8. The highest BCUT2D eigenvalue weighted by Gasteiger charge is 2.48. The molecule has 0 atom stereocenters. The van der Waals surface area contributed by atoms with Gasteiger partial charge in [0.25, 0.3) is 0 Å². The Hall–Kier alpha value is -12.4. The van der Waals surface area contributed by atoms with E-state index in [0.29, 0.717) is 0 Å². The maximum Gasteiger partial charge on any atom is 0.0714 e. The molecule has 0 spiro atoms. The SMILES string of the molecule is c1ccc(-c2ccc(N(c3ccc(-c4c5ccccc5c(N(c5ccc(-c6ccccc6)cc5)c5ccc6c(c5)C(c5ccccc5)(c5ccccc5)c5ccccc5-6)c5ccccc45)cc3)c3ccc4c(c3)C(c3ccccc3)(c3ccccc3)c3ccccc3-4)cc2)cc1. The lowest BCUT2D eigenvalue weighted by Gasteiger charge is -2.35. The van der Waals surface area contributed by atoms with Crippen molar-refractivity contribution in [2.75, 3.05) is 9.80 Å². The molecule has 2 aliphatic carbocycles. The molecule has 16 aromatic rings. The third-order valence-electron chi connectivity index (χ3n) is 20.4. The molecule has 2 aliphatic rings. The lowest BCUT2D eigenvalue weighted by Crippen LogP contribution is -2.28. The number of anilines is 6. The van der Waals surface area contributed by atoms with Gasteiger partial charge in [0.05, 0.1) is 16.5 Å². The molecule has 0 aromatic heterocycles. The maximum absolute atomic E-state index is 2.54. The van der Waals surface area contributed by atoms with Crippen LogP contribution in [0.4, 0.5) is 34.1 Å². The Morgan fingerprint density at radius 2 is 0.448 bits per heavy atom. The summed E-state index contributed by atoms with van der Waals surface area (Å²) in [5.41, 5.74) is 27.4. The van der Waals surface area contributed by atoms with E-state index in [9.17, 15) is 0 Å². The van der Waals surface area contributed by atoms with E-state index in [1.54, 1.807) is 0 Å². The van der Waals surface area contributed by atoms with E-state index in [2.05, 4.69) is 398 Å². The zero-order chi connectivity index (χ0) is 63.6. The lowest BCUT2D eigenvalue weighted by molar-refractivity contribution is 0.768. The number of hydrogen-bond donors (Lipinski definition) is 0. The highest BCUT2D eigenvalue weighted by Crippen LogP contribution is 2.60. The standard InChI is InChI=1S/C94H64N2/c1-7-27-65(28-8-1)67-47-53-74(54-48-67)95(77-59-61-81-79-39-23-25-45-87(79)93(89(81)63-77,70-31-11-3-12-32-70)71-33-13-4-14-34-71)75-57-51-69(52-58-75)91-83-41-19-21-43-85(83)92(86-44-22-20-42-84(86)91)96(76-55-49-68(50-56-76)66-29-9-2-10-30-66)78-60-62-82-80-40-24-26-46-88(80)94(90(82)64-78,72-35-15-5-16-36-72)73-37-17-6-18-38-73/h1-64H. The first kappa shape index (κ1) is 56.4. The van der Waals surface area contributed by atoms with E-state index in [1.165, 1.54) is 105 Å². The van der Waals surface area contributed by atoms with E-state index in [0.717, 1.165) is 50.5 Å². The van der Waals surface area contributed by atoms with Gasteiger partial charge in [0.15, 0.2) is 0 Å². The minimum absolute atomic E-state index is 0.562. The highest BCUT2D eigenvalue weighted by atomic mass is 15.2. The summed E-state index contributed by atoms with van der Waals surface area (Å²) in [4.78, 5) is 4.99. The van der Waals surface area contributed by atoms with Crippen molar-refractivity contribution >= 4 is 55.7 Å². The fourth-order valence-electron chi connectivity index (χ4n) is 16.3. The summed E-state index contributed by atoms with van der Waals surface area (Å²) < 4.78 is 0. The second-order valence-electron chi connectivity index (χ2n) is 25.4. The Morgan fingerprint density at radius 3 is 0.833 bits per heavy atom. The van der Waals surface area contributed by atoms with Crippen molar-refractivity contribution in [1.29, 1.82) is 0 Å². The van der Waals surface area contributed by atoms with Gasteiger partial charge in [-0.05, 0) is 172 Å². The maximum atomic E-state index is 2.54. The minimum Gasteiger partial charge on any atom is -0.310 e. The van der Waals surface area contributed by atoms with Gasteiger partial charge in [0, 0.05) is 39.2 Å². The van der Waals surface area contributed by atoms with E-state index < -0.39 is 10.8 Å². The van der Waals surface area contributed by atoms with Crippen LogP contribution in [0.25, 0.3) is 77.2 Å². The van der Waals surface area contributed by atoms with Crippen LogP contribution in [0.15, 0.2) is 388 Å². The van der Waals surface area contributed by atoms with Crippen molar-refractivity contribution in [3.05, 3.63) is 433 Å². The van der Waals surface area contributed by atoms with Crippen LogP contribution in [0.5, 0.6) is 0 Å². The van der Waals surface area contributed by atoms with Crippen LogP contribution in [0.3, 0.4) is 0 Å². The van der Waals surface area contributed by atoms with Gasteiger partial charge in [-0.3, -0.25) is 0 Å². The summed E-state index contributed by atoms with van der Waals surface area (Å²) in [5, 5.41) is 4.66. The summed E-state index contributed by atoms with van der Waals surface area (Å²) >= 11 is 0. The first-order valence-electron chi connectivity index (χ1n) is 33.3. The highest BCUT2D eigenvalue weighted by molar-refractivity contribution is 6.22. The Labute approximate surface area is 561 Å². The van der Waals surface area contributed by atoms with Gasteiger partial charge in [0.2, 0.25) is 0 Å². The normalized spacial score (nSPS) is 13.0. The molecular weight excluding hydrogens is 1160 g/mol. The smallest absolute Gasteiger partial charge is 0.0714 e. The molecular formula is C94H64N2. The Bertz CT molecular complexity index is 5400.